The lowest BCUT2D eigenvalue weighted by atomic mass is 9.95. The molecule has 1 amide bonds. The van der Waals surface area contributed by atoms with Gasteiger partial charge in [-0.2, -0.15) is 4.98 Å². The number of hydrogen-bond acceptors (Lipinski definition) is 5. The largest absolute Gasteiger partial charge is 0.423 e. The minimum atomic E-state index is -0.0653. The summed E-state index contributed by atoms with van der Waals surface area (Å²) in [6, 6.07) is 13.7. The average Bonchev–Trinajstić information content (AvgIpc) is 3.09. The van der Waals surface area contributed by atoms with E-state index in [2.05, 4.69) is 15.2 Å². The molecule has 0 bridgehead atoms. The zero-order valence-corrected chi connectivity index (χ0v) is 16.1. The fourth-order valence-corrected chi connectivity index (χ4v) is 3.61. The molecule has 1 saturated heterocycles. The third-order valence-corrected chi connectivity index (χ3v) is 5.28. The van der Waals surface area contributed by atoms with E-state index in [4.69, 9.17) is 4.42 Å². The van der Waals surface area contributed by atoms with Gasteiger partial charge in [-0.3, -0.25) is 14.9 Å². The summed E-state index contributed by atoms with van der Waals surface area (Å²) < 4.78 is 5.62. The standard InChI is InChI=1S/C22H23N3O3/c1-14-3-8-20-19(13-14)23-22(28-20)24-21(27)17-9-11-25(12-10-17)18-6-4-16(5-7-18)15(2)26/h3-8,13,17H,9-12H2,1-2H3,(H,23,24,27). The molecule has 1 aromatic heterocycles. The number of anilines is 2. The molecular weight excluding hydrogens is 354 g/mol. The normalized spacial score (nSPS) is 15.0. The molecule has 0 saturated carbocycles. The van der Waals surface area contributed by atoms with Gasteiger partial charge in [0.15, 0.2) is 11.4 Å². The molecule has 2 aromatic carbocycles. The Balaban J connectivity index is 1.36. The minimum absolute atomic E-state index is 0.0464. The lowest BCUT2D eigenvalue weighted by Crippen LogP contribution is -2.38. The van der Waals surface area contributed by atoms with Crippen molar-refractivity contribution in [3.05, 3.63) is 53.6 Å². The van der Waals surface area contributed by atoms with Crippen LogP contribution in [0.1, 0.15) is 35.7 Å². The van der Waals surface area contributed by atoms with Crippen molar-refractivity contribution < 1.29 is 14.0 Å². The molecule has 0 radical (unpaired) electrons. The van der Waals surface area contributed by atoms with E-state index >= 15 is 0 Å². The Labute approximate surface area is 163 Å². The number of fused-ring (bicyclic) bond motifs is 1. The molecule has 1 aliphatic heterocycles. The van der Waals surface area contributed by atoms with Crippen LogP contribution < -0.4 is 10.2 Å². The first kappa shape index (κ1) is 18.2. The van der Waals surface area contributed by atoms with Crippen molar-refractivity contribution in [2.75, 3.05) is 23.3 Å². The van der Waals surface area contributed by atoms with Crippen LogP contribution in [0, 0.1) is 12.8 Å². The molecule has 0 atom stereocenters. The monoisotopic (exact) mass is 377 g/mol. The highest BCUT2D eigenvalue weighted by Crippen LogP contribution is 2.26. The summed E-state index contributed by atoms with van der Waals surface area (Å²) >= 11 is 0. The number of nitrogens with one attached hydrogen (secondary N) is 1. The van der Waals surface area contributed by atoms with Crippen LogP contribution in [0.3, 0.4) is 0 Å². The summed E-state index contributed by atoms with van der Waals surface area (Å²) in [6.45, 7) is 5.15. The van der Waals surface area contributed by atoms with Crippen molar-refractivity contribution in [2.24, 2.45) is 5.92 Å². The number of carbonyl (C=O) groups is 2. The van der Waals surface area contributed by atoms with Gasteiger partial charge < -0.3 is 9.32 Å². The van der Waals surface area contributed by atoms with Crippen LogP contribution in [0.5, 0.6) is 0 Å². The molecule has 28 heavy (non-hydrogen) atoms. The lowest BCUT2D eigenvalue weighted by molar-refractivity contribution is -0.120. The van der Waals surface area contributed by atoms with Gasteiger partial charge in [-0.25, -0.2) is 0 Å². The molecule has 1 N–H and O–H groups in total. The number of aryl methyl sites for hydroxylation is 1. The first-order chi connectivity index (χ1) is 13.5. The molecular formula is C22H23N3O3. The number of hydrogen-bond donors (Lipinski definition) is 1. The van der Waals surface area contributed by atoms with E-state index in [0.29, 0.717) is 11.1 Å². The summed E-state index contributed by atoms with van der Waals surface area (Å²) in [5.74, 6) is -0.0457. The topological polar surface area (TPSA) is 75.4 Å². The Morgan fingerprint density at radius 2 is 1.82 bits per heavy atom. The van der Waals surface area contributed by atoms with Crippen LogP contribution >= 0.6 is 0 Å². The molecule has 0 spiro atoms. The van der Waals surface area contributed by atoms with Gasteiger partial charge in [0.25, 0.3) is 0 Å². The van der Waals surface area contributed by atoms with Crippen molar-refractivity contribution in [3.8, 4) is 0 Å². The second-order valence-corrected chi connectivity index (χ2v) is 7.34. The van der Waals surface area contributed by atoms with Gasteiger partial charge in [-0.05, 0) is 68.7 Å². The first-order valence-corrected chi connectivity index (χ1v) is 9.53. The first-order valence-electron chi connectivity index (χ1n) is 9.53. The van der Waals surface area contributed by atoms with E-state index in [9.17, 15) is 9.59 Å². The summed E-state index contributed by atoms with van der Waals surface area (Å²) in [5.41, 5.74) is 4.32. The van der Waals surface area contributed by atoms with E-state index in [1.807, 2.05) is 49.4 Å². The fourth-order valence-electron chi connectivity index (χ4n) is 3.61. The number of piperidine rings is 1. The van der Waals surface area contributed by atoms with Crippen molar-refractivity contribution in [2.45, 2.75) is 26.7 Å². The Morgan fingerprint density at radius 1 is 1.11 bits per heavy atom. The van der Waals surface area contributed by atoms with Crippen LogP contribution in [0.2, 0.25) is 0 Å². The number of rotatable bonds is 4. The second-order valence-electron chi connectivity index (χ2n) is 7.34. The van der Waals surface area contributed by atoms with Crippen LogP contribution in [0.4, 0.5) is 11.7 Å². The predicted molar refractivity (Wildman–Crippen MR) is 109 cm³/mol. The third-order valence-electron chi connectivity index (χ3n) is 5.28. The van der Waals surface area contributed by atoms with Crippen LogP contribution in [0.25, 0.3) is 11.1 Å². The summed E-state index contributed by atoms with van der Waals surface area (Å²) in [7, 11) is 0. The van der Waals surface area contributed by atoms with E-state index in [-0.39, 0.29) is 23.6 Å². The van der Waals surface area contributed by atoms with Crippen LogP contribution in [0.15, 0.2) is 46.9 Å². The SMILES string of the molecule is CC(=O)c1ccc(N2CCC(C(=O)Nc3nc4cc(C)ccc4o3)CC2)cc1. The van der Waals surface area contributed by atoms with Gasteiger partial charge in [0.2, 0.25) is 5.91 Å². The Kier molecular flexibility index (Phi) is 4.86. The molecule has 1 aliphatic rings. The number of carbonyl (C=O) groups excluding carboxylic acids is 2. The summed E-state index contributed by atoms with van der Waals surface area (Å²) in [6.07, 6.45) is 1.53. The lowest BCUT2D eigenvalue weighted by Gasteiger charge is -2.32. The van der Waals surface area contributed by atoms with Crippen molar-refractivity contribution in [1.29, 1.82) is 0 Å². The number of nitrogens with zero attached hydrogens (tertiary/aromatic N) is 2. The van der Waals surface area contributed by atoms with Crippen LogP contribution in [-0.2, 0) is 4.79 Å². The fraction of sp³-hybridized carbons (Fsp3) is 0.318. The van der Waals surface area contributed by atoms with Gasteiger partial charge in [0, 0.05) is 30.3 Å². The zero-order valence-electron chi connectivity index (χ0n) is 16.1. The van der Waals surface area contributed by atoms with Gasteiger partial charge in [0.05, 0.1) is 0 Å². The Hall–Kier alpha value is -3.15. The Bertz CT molecular complexity index is 1020. The van der Waals surface area contributed by atoms with Gasteiger partial charge in [0.1, 0.15) is 5.52 Å². The van der Waals surface area contributed by atoms with Gasteiger partial charge in [-0.15, -0.1) is 0 Å². The molecule has 6 heteroatoms. The van der Waals surface area contributed by atoms with Crippen LogP contribution in [-0.4, -0.2) is 29.8 Å². The van der Waals surface area contributed by atoms with E-state index in [1.165, 1.54) is 0 Å². The van der Waals surface area contributed by atoms with E-state index in [0.717, 1.165) is 42.7 Å². The molecule has 0 aliphatic carbocycles. The van der Waals surface area contributed by atoms with E-state index < -0.39 is 0 Å². The van der Waals surface area contributed by atoms with E-state index in [1.54, 1.807) is 6.92 Å². The molecule has 1 fully saturated rings. The number of oxazole rings is 1. The predicted octanol–water partition coefficient (Wildman–Crippen LogP) is 4.19. The molecule has 6 nitrogen and oxygen atoms in total. The van der Waals surface area contributed by atoms with Crippen molar-refractivity contribution >= 4 is 34.5 Å². The molecule has 3 aromatic rings. The smallest absolute Gasteiger partial charge is 0.302 e. The number of amides is 1. The van der Waals surface area contributed by atoms with Gasteiger partial charge in [-0.1, -0.05) is 6.07 Å². The molecule has 4 rings (SSSR count). The highest BCUT2D eigenvalue weighted by atomic mass is 16.4. The zero-order chi connectivity index (χ0) is 19.7. The maximum Gasteiger partial charge on any atom is 0.302 e. The molecule has 2 heterocycles. The molecule has 0 unspecified atom stereocenters. The van der Waals surface area contributed by atoms with Crippen molar-refractivity contribution in [3.63, 3.8) is 0 Å². The highest BCUT2D eigenvalue weighted by Gasteiger charge is 2.26. The maximum atomic E-state index is 12.6. The quantitative estimate of drug-likeness (QED) is 0.690. The summed E-state index contributed by atoms with van der Waals surface area (Å²) in [4.78, 5) is 30.6. The minimum Gasteiger partial charge on any atom is -0.423 e. The van der Waals surface area contributed by atoms with Gasteiger partial charge >= 0.3 is 6.01 Å². The number of ketones is 1. The third kappa shape index (κ3) is 3.76. The number of Topliss-reactive ketones (excluding diaryl/α,β-unsaturated/α-hetero) is 1. The number of aromatic nitrogens is 1. The maximum absolute atomic E-state index is 12.6. The highest BCUT2D eigenvalue weighted by molar-refractivity contribution is 5.94. The Morgan fingerprint density at radius 3 is 2.50 bits per heavy atom. The number of benzene rings is 2. The average molecular weight is 377 g/mol. The second kappa shape index (κ2) is 7.46. The molecule has 144 valence electrons. The van der Waals surface area contributed by atoms with Crippen molar-refractivity contribution in [1.82, 2.24) is 4.98 Å². The summed E-state index contributed by atoms with van der Waals surface area (Å²) in [5, 5.41) is 2.82.